The maximum atomic E-state index is 5.64. The lowest BCUT2D eigenvalue weighted by Gasteiger charge is -2.13. The molecule has 100 valence electrons. The third-order valence-electron chi connectivity index (χ3n) is 3.74. The lowest BCUT2D eigenvalue weighted by Crippen LogP contribution is -2.13. The van der Waals surface area contributed by atoms with Gasteiger partial charge in [0, 0.05) is 22.6 Å². The molecular weight excluding hydrogens is 304 g/mol. The summed E-state index contributed by atoms with van der Waals surface area (Å²) >= 11 is 3.70. The zero-order valence-corrected chi connectivity index (χ0v) is 12.4. The molecule has 1 aromatic carbocycles. The number of aromatic amines is 1. The summed E-state index contributed by atoms with van der Waals surface area (Å²) in [6, 6.07) is 8.33. The molecule has 0 aliphatic carbocycles. The van der Waals surface area contributed by atoms with Crippen LogP contribution in [0.1, 0.15) is 17.9 Å². The fourth-order valence-corrected chi connectivity index (χ4v) is 3.40. The van der Waals surface area contributed by atoms with Gasteiger partial charge in [0.15, 0.2) is 0 Å². The molecule has 2 heterocycles. The van der Waals surface area contributed by atoms with Crippen LogP contribution in [-0.4, -0.2) is 35.2 Å². The van der Waals surface area contributed by atoms with E-state index in [1.165, 1.54) is 23.0 Å². The standard InChI is InChI=1S/C14H17BrN4/c1-19-5-4-10(8-19)11-3-2-9(6-12(11)15)13-7-14(16)18-17-13/h2-3,6-7,10H,4-5,8H2,1H3,(H3,16,17,18). The molecule has 1 aliphatic heterocycles. The fourth-order valence-electron chi connectivity index (χ4n) is 2.70. The number of aromatic nitrogens is 2. The van der Waals surface area contributed by atoms with Crippen LogP contribution in [0.25, 0.3) is 11.3 Å². The molecule has 0 bridgehead atoms. The van der Waals surface area contributed by atoms with Gasteiger partial charge in [0.05, 0.1) is 5.69 Å². The van der Waals surface area contributed by atoms with Crippen molar-refractivity contribution >= 4 is 21.7 Å². The average Bonchev–Trinajstić information content (AvgIpc) is 2.98. The Morgan fingerprint density at radius 2 is 2.26 bits per heavy atom. The van der Waals surface area contributed by atoms with Gasteiger partial charge in [-0.25, -0.2) is 0 Å². The van der Waals surface area contributed by atoms with E-state index >= 15 is 0 Å². The van der Waals surface area contributed by atoms with Gasteiger partial charge in [-0.15, -0.1) is 0 Å². The summed E-state index contributed by atoms with van der Waals surface area (Å²) in [5, 5.41) is 6.90. The smallest absolute Gasteiger partial charge is 0.145 e. The van der Waals surface area contributed by atoms with Gasteiger partial charge in [-0.3, -0.25) is 5.10 Å². The topological polar surface area (TPSA) is 57.9 Å². The lowest BCUT2D eigenvalue weighted by molar-refractivity contribution is 0.411. The third kappa shape index (κ3) is 2.53. The molecule has 0 amide bonds. The molecule has 3 N–H and O–H groups in total. The van der Waals surface area contributed by atoms with Gasteiger partial charge in [0.1, 0.15) is 5.82 Å². The molecule has 0 spiro atoms. The van der Waals surface area contributed by atoms with Crippen molar-refractivity contribution in [3.8, 4) is 11.3 Å². The first kappa shape index (κ1) is 12.7. The van der Waals surface area contributed by atoms with Crippen molar-refractivity contribution in [1.82, 2.24) is 15.1 Å². The van der Waals surface area contributed by atoms with Gasteiger partial charge < -0.3 is 10.6 Å². The molecule has 19 heavy (non-hydrogen) atoms. The number of likely N-dealkylation sites (N-methyl/N-ethyl adjacent to an activating group) is 1. The van der Waals surface area contributed by atoms with Crippen LogP contribution < -0.4 is 5.73 Å². The second kappa shape index (κ2) is 4.98. The molecule has 1 saturated heterocycles. The zero-order valence-electron chi connectivity index (χ0n) is 10.9. The molecule has 5 heteroatoms. The predicted molar refractivity (Wildman–Crippen MR) is 81.0 cm³/mol. The van der Waals surface area contributed by atoms with Crippen LogP contribution >= 0.6 is 15.9 Å². The number of hydrogen-bond donors (Lipinski definition) is 2. The number of anilines is 1. The number of hydrogen-bond acceptors (Lipinski definition) is 3. The van der Waals surface area contributed by atoms with Crippen molar-refractivity contribution in [2.45, 2.75) is 12.3 Å². The molecule has 1 aliphatic rings. The zero-order chi connectivity index (χ0) is 13.4. The summed E-state index contributed by atoms with van der Waals surface area (Å²) in [7, 11) is 2.18. The summed E-state index contributed by atoms with van der Waals surface area (Å²) in [4.78, 5) is 2.38. The van der Waals surface area contributed by atoms with Gasteiger partial charge in [0.25, 0.3) is 0 Å². The Labute approximate surface area is 121 Å². The first-order chi connectivity index (χ1) is 9.13. The minimum atomic E-state index is 0.521. The highest BCUT2D eigenvalue weighted by molar-refractivity contribution is 9.10. The maximum Gasteiger partial charge on any atom is 0.145 e. The minimum absolute atomic E-state index is 0.521. The summed E-state index contributed by atoms with van der Waals surface area (Å²) in [5.41, 5.74) is 9.08. The van der Waals surface area contributed by atoms with Crippen molar-refractivity contribution in [2.24, 2.45) is 0 Å². The number of halogens is 1. The van der Waals surface area contributed by atoms with Gasteiger partial charge in [-0.05, 0) is 37.6 Å². The number of nitrogen functional groups attached to an aromatic ring is 1. The van der Waals surface area contributed by atoms with E-state index < -0.39 is 0 Å². The van der Waals surface area contributed by atoms with E-state index in [2.05, 4.69) is 56.3 Å². The summed E-state index contributed by atoms with van der Waals surface area (Å²) in [6.07, 6.45) is 1.23. The molecule has 1 atom stereocenters. The Bertz CT molecular complexity index is 593. The molecule has 1 unspecified atom stereocenters. The molecule has 1 fully saturated rings. The van der Waals surface area contributed by atoms with Crippen LogP contribution in [0.3, 0.4) is 0 Å². The molecule has 4 nitrogen and oxygen atoms in total. The summed E-state index contributed by atoms with van der Waals surface area (Å²) < 4.78 is 1.17. The Morgan fingerprint density at radius 3 is 2.84 bits per heavy atom. The van der Waals surface area contributed by atoms with Crippen molar-refractivity contribution < 1.29 is 0 Å². The number of likely N-dealkylation sites (tertiary alicyclic amines) is 1. The van der Waals surface area contributed by atoms with Crippen molar-refractivity contribution in [3.05, 3.63) is 34.3 Å². The van der Waals surface area contributed by atoms with E-state index in [1.54, 1.807) is 0 Å². The number of rotatable bonds is 2. The molecule has 0 radical (unpaired) electrons. The van der Waals surface area contributed by atoms with E-state index in [0.29, 0.717) is 11.7 Å². The van der Waals surface area contributed by atoms with Gasteiger partial charge in [0.2, 0.25) is 0 Å². The van der Waals surface area contributed by atoms with Crippen LogP contribution in [0.4, 0.5) is 5.82 Å². The van der Waals surface area contributed by atoms with Crippen LogP contribution in [0, 0.1) is 0 Å². The average molecular weight is 321 g/mol. The van der Waals surface area contributed by atoms with Crippen molar-refractivity contribution in [1.29, 1.82) is 0 Å². The largest absolute Gasteiger partial charge is 0.382 e. The summed E-state index contributed by atoms with van der Waals surface area (Å²) in [6.45, 7) is 2.31. The number of nitrogens with one attached hydrogen (secondary N) is 1. The fraction of sp³-hybridized carbons (Fsp3) is 0.357. The first-order valence-electron chi connectivity index (χ1n) is 6.43. The van der Waals surface area contributed by atoms with Gasteiger partial charge in [-0.1, -0.05) is 28.1 Å². The first-order valence-corrected chi connectivity index (χ1v) is 7.22. The normalized spacial score (nSPS) is 20.0. The Hall–Kier alpha value is -1.33. The van der Waals surface area contributed by atoms with Gasteiger partial charge >= 0.3 is 0 Å². The summed E-state index contributed by atoms with van der Waals surface area (Å²) in [5.74, 6) is 1.15. The number of nitrogens with zero attached hydrogens (tertiary/aromatic N) is 2. The van der Waals surface area contributed by atoms with Crippen molar-refractivity contribution in [3.63, 3.8) is 0 Å². The quantitative estimate of drug-likeness (QED) is 0.894. The maximum absolute atomic E-state index is 5.64. The van der Waals surface area contributed by atoms with Crippen LogP contribution in [0.2, 0.25) is 0 Å². The van der Waals surface area contributed by atoms with E-state index in [4.69, 9.17) is 5.73 Å². The highest BCUT2D eigenvalue weighted by Gasteiger charge is 2.23. The van der Waals surface area contributed by atoms with E-state index in [1.807, 2.05) is 6.07 Å². The lowest BCUT2D eigenvalue weighted by atomic mass is 9.97. The second-order valence-electron chi connectivity index (χ2n) is 5.19. The Balaban J connectivity index is 1.89. The van der Waals surface area contributed by atoms with Crippen molar-refractivity contribution in [2.75, 3.05) is 25.9 Å². The molecular formula is C14H17BrN4. The van der Waals surface area contributed by atoms with E-state index in [9.17, 15) is 0 Å². The highest BCUT2D eigenvalue weighted by Crippen LogP contribution is 2.34. The monoisotopic (exact) mass is 320 g/mol. The van der Waals surface area contributed by atoms with Crippen LogP contribution in [0.15, 0.2) is 28.7 Å². The third-order valence-corrected chi connectivity index (χ3v) is 4.43. The van der Waals surface area contributed by atoms with E-state index in [-0.39, 0.29) is 0 Å². The van der Waals surface area contributed by atoms with Crippen LogP contribution in [0.5, 0.6) is 0 Å². The van der Waals surface area contributed by atoms with E-state index in [0.717, 1.165) is 17.8 Å². The number of benzene rings is 1. The number of H-pyrrole nitrogens is 1. The molecule has 2 aromatic rings. The van der Waals surface area contributed by atoms with Gasteiger partial charge in [-0.2, -0.15) is 5.10 Å². The Morgan fingerprint density at radius 1 is 1.42 bits per heavy atom. The predicted octanol–water partition coefficient (Wildman–Crippen LogP) is 2.84. The highest BCUT2D eigenvalue weighted by atomic mass is 79.9. The SMILES string of the molecule is CN1CCC(c2ccc(-c3cc(N)n[nH]3)cc2Br)C1. The second-order valence-corrected chi connectivity index (χ2v) is 6.04. The Kier molecular flexibility index (Phi) is 3.33. The molecule has 1 aromatic heterocycles. The number of nitrogens with two attached hydrogens (primary N) is 1. The molecule has 0 saturated carbocycles. The van der Waals surface area contributed by atoms with Crippen LogP contribution in [-0.2, 0) is 0 Å². The minimum Gasteiger partial charge on any atom is -0.382 e. The molecule has 3 rings (SSSR count).